The summed E-state index contributed by atoms with van der Waals surface area (Å²) in [5.41, 5.74) is 3.07. The van der Waals surface area contributed by atoms with Crippen molar-refractivity contribution >= 4 is 29.2 Å². The van der Waals surface area contributed by atoms with Gasteiger partial charge >= 0.3 is 11.9 Å². The van der Waals surface area contributed by atoms with Crippen LogP contribution in [0.15, 0.2) is 60.8 Å². The van der Waals surface area contributed by atoms with Crippen LogP contribution >= 0.6 is 0 Å². The van der Waals surface area contributed by atoms with Crippen LogP contribution < -0.4 is 9.80 Å². The van der Waals surface area contributed by atoms with Crippen molar-refractivity contribution in [2.24, 2.45) is 0 Å². The number of benzene rings is 1. The molecule has 1 atom stereocenters. The van der Waals surface area contributed by atoms with Crippen LogP contribution in [-0.2, 0) is 9.59 Å². The van der Waals surface area contributed by atoms with Crippen molar-refractivity contribution in [3.63, 3.8) is 0 Å². The Bertz CT molecular complexity index is 1520. The predicted octanol–water partition coefficient (Wildman–Crippen LogP) is 3.01. The summed E-state index contributed by atoms with van der Waals surface area (Å²) in [5, 5.41) is 13.9. The van der Waals surface area contributed by atoms with Gasteiger partial charge in [0.25, 0.3) is 0 Å². The Hall–Kier alpha value is -4.54. The Kier molecular flexibility index (Phi) is 6.10. The molecule has 10 nitrogen and oxygen atoms in total. The first-order valence-corrected chi connectivity index (χ1v) is 12.6. The molecule has 4 aromatic rings. The molecule has 5 heterocycles. The highest BCUT2D eigenvalue weighted by Gasteiger charge is 2.29. The Morgan fingerprint density at radius 2 is 1.76 bits per heavy atom. The van der Waals surface area contributed by atoms with Gasteiger partial charge in [0.15, 0.2) is 5.65 Å². The smallest absolute Gasteiger partial charge is 0.394 e. The molecule has 2 saturated heterocycles. The van der Waals surface area contributed by atoms with Crippen LogP contribution in [0.5, 0.6) is 0 Å². The van der Waals surface area contributed by atoms with Crippen molar-refractivity contribution in [1.82, 2.24) is 24.5 Å². The van der Waals surface area contributed by atoms with Gasteiger partial charge in [0.1, 0.15) is 23.1 Å². The van der Waals surface area contributed by atoms with E-state index in [0.717, 1.165) is 42.3 Å². The Balaban J connectivity index is 1.27. The number of carboxylic acid groups (broad SMARTS) is 1. The van der Waals surface area contributed by atoms with Gasteiger partial charge in [-0.2, -0.15) is 0 Å². The van der Waals surface area contributed by atoms with Crippen LogP contribution in [0.4, 0.5) is 16.0 Å². The highest BCUT2D eigenvalue weighted by atomic mass is 19.1. The van der Waals surface area contributed by atoms with E-state index in [-0.39, 0.29) is 11.9 Å². The summed E-state index contributed by atoms with van der Waals surface area (Å²) in [6, 6.07) is 16.4. The van der Waals surface area contributed by atoms with Crippen LogP contribution in [0.3, 0.4) is 0 Å². The van der Waals surface area contributed by atoms with E-state index >= 15 is 0 Å². The molecule has 0 saturated carbocycles. The lowest BCUT2D eigenvalue weighted by Gasteiger charge is -2.34. The molecule has 38 heavy (non-hydrogen) atoms. The van der Waals surface area contributed by atoms with Crippen molar-refractivity contribution in [2.75, 3.05) is 42.5 Å². The number of pyridine rings is 1. The lowest BCUT2D eigenvalue weighted by atomic mass is 10.0. The highest BCUT2D eigenvalue weighted by molar-refractivity contribution is 6.31. The molecular weight excluding hydrogens is 489 g/mol. The van der Waals surface area contributed by atoms with Gasteiger partial charge in [-0.15, -0.1) is 5.10 Å². The number of hydrogen-bond donors (Lipinski definition) is 1. The van der Waals surface area contributed by atoms with Crippen molar-refractivity contribution in [3.05, 3.63) is 72.2 Å². The molecule has 0 unspecified atom stereocenters. The number of anilines is 2. The molecule has 0 bridgehead atoms. The van der Waals surface area contributed by atoms with Crippen LogP contribution in [0.2, 0.25) is 0 Å². The lowest BCUT2D eigenvalue weighted by Crippen LogP contribution is -2.50. The van der Waals surface area contributed by atoms with Crippen LogP contribution in [0, 0.1) is 5.82 Å². The third kappa shape index (κ3) is 4.40. The largest absolute Gasteiger partial charge is 0.474 e. The van der Waals surface area contributed by atoms with Gasteiger partial charge in [0.05, 0.1) is 17.9 Å². The molecule has 1 N–H and O–H groups in total. The zero-order chi connectivity index (χ0) is 26.2. The Morgan fingerprint density at radius 1 is 0.947 bits per heavy atom. The van der Waals surface area contributed by atoms with E-state index in [4.69, 9.17) is 15.2 Å². The number of carbonyl (C=O) groups excluding carboxylic acids is 1. The molecule has 1 amide bonds. The average molecular weight is 516 g/mol. The summed E-state index contributed by atoms with van der Waals surface area (Å²) in [7, 11) is 0. The predicted molar refractivity (Wildman–Crippen MR) is 138 cm³/mol. The summed E-state index contributed by atoms with van der Waals surface area (Å²) >= 11 is 0. The van der Waals surface area contributed by atoms with Crippen LogP contribution in [-0.4, -0.2) is 74.2 Å². The maximum atomic E-state index is 13.9. The standard InChI is InChI=1S/C27H26FN7O3/c28-19-5-1-4-18(16-19)21-7-3-11-34(21)25-10-9-23-29-17-22(35(23)31-25)20-6-2-8-24(30-20)32-12-14-33(15-13-32)26(36)27(37)38/h1-2,4-6,8-10,16-17,21H,3,7,11-15H2,(H,37,38)/t21-/m1/s1. The normalized spacial score (nSPS) is 17.8. The number of amides is 1. The third-order valence-electron chi connectivity index (χ3n) is 7.20. The molecule has 2 fully saturated rings. The minimum atomic E-state index is -1.44. The number of piperazine rings is 1. The number of aromatic nitrogens is 4. The molecule has 0 radical (unpaired) electrons. The molecular formula is C27H26FN7O3. The number of rotatable bonds is 4. The number of nitrogens with zero attached hydrogens (tertiary/aromatic N) is 7. The quantitative estimate of drug-likeness (QED) is 0.414. The highest BCUT2D eigenvalue weighted by Crippen LogP contribution is 2.35. The van der Waals surface area contributed by atoms with E-state index in [2.05, 4.69) is 9.88 Å². The van der Waals surface area contributed by atoms with Gasteiger partial charge in [0, 0.05) is 32.7 Å². The fraction of sp³-hybridized carbons (Fsp3) is 0.296. The SMILES string of the molecule is O=C(O)C(=O)N1CCN(c2cccc(-c3cnc4ccc(N5CCC[C@@H]5c5cccc(F)c5)nn34)n2)CC1. The first kappa shape index (κ1) is 23.8. The second-order valence-electron chi connectivity index (χ2n) is 9.48. The van der Waals surface area contributed by atoms with Crippen molar-refractivity contribution < 1.29 is 19.1 Å². The monoisotopic (exact) mass is 515 g/mol. The van der Waals surface area contributed by atoms with Gasteiger partial charge in [-0.05, 0) is 54.8 Å². The zero-order valence-electron chi connectivity index (χ0n) is 20.6. The number of aliphatic carboxylic acids is 1. The molecule has 11 heteroatoms. The minimum absolute atomic E-state index is 0.0516. The first-order chi connectivity index (χ1) is 18.5. The third-order valence-corrected chi connectivity index (χ3v) is 7.20. The van der Waals surface area contributed by atoms with Gasteiger partial charge in [-0.1, -0.05) is 18.2 Å². The summed E-state index contributed by atoms with van der Waals surface area (Å²) in [5.74, 6) is -1.03. The van der Waals surface area contributed by atoms with Gasteiger partial charge in [-0.25, -0.2) is 23.7 Å². The first-order valence-electron chi connectivity index (χ1n) is 12.6. The summed E-state index contributed by atoms with van der Waals surface area (Å²) in [6.45, 7) is 2.44. The van der Waals surface area contributed by atoms with E-state index in [1.54, 1.807) is 22.8 Å². The van der Waals surface area contributed by atoms with Gasteiger partial charge in [0.2, 0.25) is 0 Å². The molecule has 1 aromatic carbocycles. The number of carbonyl (C=O) groups is 2. The second-order valence-corrected chi connectivity index (χ2v) is 9.48. The number of carboxylic acids is 1. The summed E-state index contributed by atoms with van der Waals surface area (Å²) in [6.07, 6.45) is 3.66. The lowest BCUT2D eigenvalue weighted by molar-refractivity contribution is -0.156. The Labute approximate surface area is 217 Å². The maximum absolute atomic E-state index is 13.9. The topological polar surface area (TPSA) is 107 Å². The van der Waals surface area contributed by atoms with E-state index < -0.39 is 11.9 Å². The van der Waals surface area contributed by atoms with E-state index in [0.29, 0.717) is 37.5 Å². The summed E-state index contributed by atoms with van der Waals surface area (Å²) < 4.78 is 15.7. The van der Waals surface area contributed by atoms with E-state index in [1.807, 2.05) is 41.3 Å². The van der Waals surface area contributed by atoms with Gasteiger partial charge < -0.3 is 19.8 Å². The van der Waals surface area contributed by atoms with Crippen molar-refractivity contribution in [1.29, 1.82) is 0 Å². The fourth-order valence-electron chi connectivity index (χ4n) is 5.31. The number of halogens is 1. The molecule has 6 rings (SSSR count). The zero-order valence-corrected chi connectivity index (χ0v) is 20.6. The van der Waals surface area contributed by atoms with E-state index in [9.17, 15) is 14.0 Å². The Morgan fingerprint density at radius 3 is 2.55 bits per heavy atom. The number of fused-ring (bicyclic) bond motifs is 1. The van der Waals surface area contributed by atoms with Crippen molar-refractivity contribution in [2.45, 2.75) is 18.9 Å². The van der Waals surface area contributed by atoms with Crippen LogP contribution in [0.1, 0.15) is 24.4 Å². The molecule has 194 valence electrons. The minimum Gasteiger partial charge on any atom is -0.474 e. The molecule has 0 aliphatic carbocycles. The van der Waals surface area contributed by atoms with Crippen LogP contribution in [0.25, 0.3) is 17.0 Å². The fourth-order valence-corrected chi connectivity index (χ4v) is 5.31. The second kappa shape index (κ2) is 9.73. The molecule has 0 spiro atoms. The maximum Gasteiger partial charge on any atom is 0.394 e. The van der Waals surface area contributed by atoms with Crippen molar-refractivity contribution in [3.8, 4) is 11.4 Å². The van der Waals surface area contributed by atoms with Gasteiger partial charge in [-0.3, -0.25) is 4.79 Å². The molecule has 3 aromatic heterocycles. The number of hydrogen-bond acceptors (Lipinski definition) is 7. The van der Waals surface area contributed by atoms with E-state index in [1.165, 1.54) is 11.0 Å². The number of imidazole rings is 1. The molecule has 2 aliphatic rings. The molecule has 2 aliphatic heterocycles. The average Bonchev–Trinajstić information content (AvgIpc) is 3.60. The summed E-state index contributed by atoms with van der Waals surface area (Å²) in [4.78, 5) is 37.7.